The van der Waals surface area contributed by atoms with Crippen LogP contribution in [0.2, 0.25) is 0 Å². The Labute approximate surface area is 510 Å². The summed E-state index contributed by atoms with van der Waals surface area (Å²) >= 11 is 1.06. The lowest BCUT2D eigenvalue weighted by Crippen LogP contribution is -2.63. The van der Waals surface area contributed by atoms with E-state index in [0.717, 1.165) is 11.8 Å². The summed E-state index contributed by atoms with van der Waals surface area (Å²) in [6.07, 6.45) is -15.9. The van der Waals surface area contributed by atoms with Gasteiger partial charge >= 0.3 is 41.8 Å². The highest BCUT2D eigenvalue weighted by atomic mass is 32.2. The first-order valence-electron chi connectivity index (χ1n) is 27.5. The van der Waals surface area contributed by atoms with Crippen LogP contribution in [0.1, 0.15) is 72.5 Å². The van der Waals surface area contributed by atoms with E-state index < -0.39 is 124 Å². The lowest BCUT2D eigenvalue weighted by Gasteiger charge is -2.46. The Morgan fingerprint density at radius 1 is 0.341 bits per heavy atom. The molecule has 11 atom stereocenters. The Balaban J connectivity index is 1.02. The summed E-state index contributed by atoms with van der Waals surface area (Å²) in [5.74, 6) is -6.52. The number of rotatable bonds is 22. The predicted octanol–water partition coefficient (Wildman–Crippen LogP) is 10.1. The highest BCUT2D eigenvalue weighted by Gasteiger charge is 2.56. The molecular weight excluding hydrogens is 1170 g/mol. The molecule has 0 aliphatic carbocycles. The second kappa shape index (κ2) is 30.3. The Hall–Kier alpha value is -9.37. The first-order chi connectivity index (χ1) is 42.9. The molecule has 88 heavy (non-hydrogen) atoms. The van der Waals surface area contributed by atoms with E-state index in [2.05, 4.69) is 0 Å². The standard InChI is InChI=1S/C67H54O19PS/c68-59(43-25-9-1-10-26-43)76-41-51-53(80-60(69)44-27-11-2-12-28-44)55(82-62(71)46-31-15-4-16-32-46)57(84-64(73)48-35-19-6-20-36-48)66(78-51)86-87(75)77-42-52-54(81-61(70)45-29-13-3-14-30-45)56(83-63(72)47-33-17-5-18-34-47)58(85-65(74)49-37-21-7-22-38-49)67(79-52)88-50-39-23-8-24-40-50/h1-40,51-58,66-67H,41-42H2/q-1/t51-,52-,53-,54-,55+,56+,57+,58-,66-,67+,87?/m1/s1. The van der Waals surface area contributed by atoms with Crippen molar-refractivity contribution < 1.29 is 90.1 Å². The third kappa shape index (κ3) is 16.2. The lowest BCUT2D eigenvalue weighted by atomic mass is 9.97. The zero-order valence-electron chi connectivity index (χ0n) is 46.4. The molecule has 0 radical (unpaired) electrons. The molecule has 19 nitrogen and oxygen atoms in total. The molecule has 21 heteroatoms. The van der Waals surface area contributed by atoms with Gasteiger partial charge in [-0.3, -0.25) is 0 Å². The molecule has 0 spiro atoms. The maximum absolute atomic E-state index is 14.8. The molecule has 8 aromatic carbocycles. The van der Waals surface area contributed by atoms with Crippen molar-refractivity contribution in [2.75, 3.05) is 13.2 Å². The van der Waals surface area contributed by atoms with Gasteiger partial charge in [-0.2, -0.15) is 0 Å². The molecule has 8 aromatic rings. The minimum Gasteiger partial charge on any atom is -0.786 e. The van der Waals surface area contributed by atoms with Crippen LogP contribution in [-0.2, 0) is 51.7 Å². The van der Waals surface area contributed by atoms with Gasteiger partial charge in [0.15, 0.2) is 36.6 Å². The van der Waals surface area contributed by atoms with Gasteiger partial charge in [0.25, 0.3) is 0 Å². The zero-order valence-corrected chi connectivity index (χ0v) is 48.1. The molecule has 2 saturated heterocycles. The van der Waals surface area contributed by atoms with Crippen molar-refractivity contribution in [3.63, 3.8) is 0 Å². The van der Waals surface area contributed by atoms with Gasteiger partial charge in [0.2, 0.25) is 6.29 Å². The number of benzene rings is 8. The SMILES string of the molecule is O=C(OC[C@H]1O[C@H](OP([O-])OC[C@H]2O[C@@H](Sc3ccccc3)[C@H](OC(=O)c3ccccc3)[C@@H](OC(=O)c3ccccc3)[C@@H]2OC(=O)c2ccccc2)[C@@H](OC(=O)c2ccccc2)[C@@H](OC(=O)c2ccccc2)[C@@H]1OC(=O)c1ccccc1)c1ccccc1. The molecular formula is C67H54O19PS-. The summed E-state index contributed by atoms with van der Waals surface area (Å²) in [6.45, 7) is -1.55. The minimum absolute atomic E-state index is 0.00416. The highest BCUT2D eigenvalue weighted by Crippen LogP contribution is 2.42. The van der Waals surface area contributed by atoms with Gasteiger partial charge < -0.3 is 56.6 Å². The number of thioether (sulfide) groups is 1. The molecule has 0 saturated carbocycles. The van der Waals surface area contributed by atoms with Crippen molar-refractivity contribution in [2.24, 2.45) is 0 Å². The monoisotopic (exact) mass is 1230 g/mol. The fourth-order valence-corrected chi connectivity index (χ4v) is 11.1. The quantitative estimate of drug-likeness (QED) is 0.0348. The summed E-state index contributed by atoms with van der Waals surface area (Å²) in [5.41, 5.74) is -0.837. The number of hydrogen-bond donors (Lipinski definition) is 0. The molecule has 2 aliphatic heterocycles. The van der Waals surface area contributed by atoms with Gasteiger partial charge in [0.05, 0.1) is 54.2 Å². The fourth-order valence-electron chi connectivity index (χ4n) is 9.30. The fraction of sp³-hybridized carbons (Fsp3) is 0.179. The van der Waals surface area contributed by atoms with E-state index in [1.807, 2.05) is 0 Å². The molecule has 448 valence electrons. The molecule has 10 rings (SSSR count). The lowest BCUT2D eigenvalue weighted by molar-refractivity contribution is -0.296. The van der Waals surface area contributed by atoms with E-state index in [-0.39, 0.29) is 38.9 Å². The van der Waals surface area contributed by atoms with Gasteiger partial charge in [-0.1, -0.05) is 157 Å². The number of esters is 7. The van der Waals surface area contributed by atoms with Crippen LogP contribution in [0.4, 0.5) is 0 Å². The van der Waals surface area contributed by atoms with Crippen molar-refractivity contribution in [3.8, 4) is 0 Å². The minimum atomic E-state index is -3.57. The van der Waals surface area contributed by atoms with Gasteiger partial charge in [-0.05, 0) is 97.1 Å². The number of carbonyl (C=O) groups is 7. The summed E-state index contributed by atoms with van der Waals surface area (Å²) in [7, 11) is -3.57. The normalized spacial score (nSPS) is 21.6. The van der Waals surface area contributed by atoms with E-state index in [4.69, 9.17) is 51.7 Å². The van der Waals surface area contributed by atoms with Gasteiger partial charge in [0, 0.05) is 4.90 Å². The summed E-state index contributed by atoms with van der Waals surface area (Å²) < 4.78 is 68.1. The average molecular weight is 1230 g/mol. The second-order valence-corrected chi connectivity index (χ2v) is 21.6. The van der Waals surface area contributed by atoms with Crippen LogP contribution in [0.15, 0.2) is 248 Å². The summed E-state index contributed by atoms with van der Waals surface area (Å²) in [5, 5.41) is 0. The van der Waals surface area contributed by atoms with Crippen LogP contribution < -0.4 is 4.89 Å². The number of ether oxygens (including phenoxy) is 9. The maximum Gasteiger partial charge on any atom is 0.338 e. The second-order valence-electron chi connectivity index (χ2n) is 19.5. The van der Waals surface area contributed by atoms with Crippen LogP contribution in [0.25, 0.3) is 0 Å². The van der Waals surface area contributed by atoms with E-state index in [9.17, 15) is 38.5 Å². The molecule has 1 unspecified atom stereocenters. The third-order valence-corrected chi connectivity index (χ3v) is 15.5. The molecule has 2 fully saturated rings. The Bertz CT molecular complexity index is 3600. The van der Waals surface area contributed by atoms with Gasteiger partial charge in [-0.25, -0.2) is 33.6 Å². The zero-order chi connectivity index (χ0) is 61.2. The van der Waals surface area contributed by atoms with E-state index >= 15 is 0 Å². The third-order valence-electron chi connectivity index (χ3n) is 13.6. The van der Waals surface area contributed by atoms with Crippen LogP contribution in [0.5, 0.6) is 0 Å². The number of carbonyl (C=O) groups excluding carboxylic acids is 7. The Morgan fingerprint density at radius 2 is 0.625 bits per heavy atom. The first-order valence-corrected chi connectivity index (χ1v) is 29.5. The van der Waals surface area contributed by atoms with Crippen LogP contribution in [-0.4, -0.2) is 116 Å². The molecule has 0 N–H and O–H groups in total. The van der Waals surface area contributed by atoms with Crippen molar-refractivity contribution in [1.82, 2.24) is 0 Å². The highest BCUT2D eigenvalue weighted by molar-refractivity contribution is 7.99. The van der Waals surface area contributed by atoms with Gasteiger partial charge in [0.1, 0.15) is 24.3 Å². The molecule has 0 amide bonds. The van der Waals surface area contributed by atoms with E-state index in [1.165, 1.54) is 84.9 Å². The number of hydrogen-bond acceptors (Lipinski definition) is 20. The van der Waals surface area contributed by atoms with Crippen LogP contribution in [0.3, 0.4) is 0 Å². The van der Waals surface area contributed by atoms with Crippen molar-refractivity contribution >= 4 is 62.1 Å². The molecule has 0 aromatic heterocycles. The Morgan fingerprint density at radius 3 is 0.989 bits per heavy atom. The van der Waals surface area contributed by atoms with E-state index in [0.29, 0.717) is 4.90 Å². The Kier molecular flexibility index (Phi) is 21.3. The average Bonchev–Trinajstić information content (AvgIpc) is 1.04. The van der Waals surface area contributed by atoms with Crippen molar-refractivity contribution in [2.45, 2.75) is 65.5 Å². The van der Waals surface area contributed by atoms with Crippen LogP contribution in [0, 0.1) is 0 Å². The molecule has 2 aliphatic rings. The molecule has 2 heterocycles. The smallest absolute Gasteiger partial charge is 0.338 e. The van der Waals surface area contributed by atoms with Crippen LogP contribution >= 0.6 is 20.4 Å². The summed E-state index contributed by atoms with van der Waals surface area (Å²) in [6, 6.07) is 63.5. The van der Waals surface area contributed by atoms with Crippen molar-refractivity contribution in [1.29, 1.82) is 0 Å². The first kappa shape index (κ1) is 61.7. The van der Waals surface area contributed by atoms with Crippen molar-refractivity contribution in [3.05, 3.63) is 282 Å². The summed E-state index contributed by atoms with van der Waals surface area (Å²) in [4.78, 5) is 114. The topological polar surface area (TPSA) is 244 Å². The van der Waals surface area contributed by atoms with Gasteiger partial charge in [-0.15, -0.1) is 0 Å². The largest absolute Gasteiger partial charge is 0.786 e. The van der Waals surface area contributed by atoms with E-state index in [1.54, 1.807) is 158 Å². The maximum atomic E-state index is 14.8. The molecule has 0 bridgehead atoms. The predicted molar refractivity (Wildman–Crippen MR) is 314 cm³/mol.